The lowest BCUT2D eigenvalue weighted by Gasteiger charge is -2.06. The van der Waals surface area contributed by atoms with Crippen LogP contribution in [0.3, 0.4) is 0 Å². The van der Waals surface area contributed by atoms with Crippen LogP contribution in [0.4, 0.5) is 0 Å². The summed E-state index contributed by atoms with van der Waals surface area (Å²) >= 11 is 0. The Labute approximate surface area is 86.6 Å². The molecule has 1 aromatic rings. The summed E-state index contributed by atoms with van der Waals surface area (Å²) < 4.78 is 14.9. The van der Waals surface area contributed by atoms with E-state index in [0.717, 1.165) is 0 Å². The first-order chi connectivity index (χ1) is 7.08. The molecule has 1 rings (SSSR count). The third kappa shape index (κ3) is 2.63. The minimum atomic E-state index is -0.982. The molecule has 0 bridgehead atoms. The summed E-state index contributed by atoms with van der Waals surface area (Å²) in [6.45, 7) is 0. The van der Waals surface area contributed by atoms with Gasteiger partial charge in [-0.15, -0.1) is 0 Å². The minimum Gasteiger partial charge on any atom is -0.481 e. The number of aliphatic carboxylic acids is 1. The predicted octanol–water partition coefficient (Wildman–Crippen LogP) is 0.771. The molecule has 0 aliphatic carbocycles. The van der Waals surface area contributed by atoms with Crippen molar-refractivity contribution in [3.63, 3.8) is 0 Å². The fourth-order valence-corrected chi connectivity index (χ4v) is 1.18. The van der Waals surface area contributed by atoms with Crippen molar-refractivity contribution in [3.8, 4) is 11.9 Å². The van der Waals surface area contributed by atoms with Gasteiger partial charge in [0, 0.05) is 12.1 Å². The van der Waals surface area contributed by atoms with Crippen molar-refractivity contribution in [1.29, 1.82) is 0 Å². The lowest BCUT2D eigenvalue weighted by molar-refractivity contribution is -0.137. The monoisotopic (exact) mass is 215 g/mol. The lowest BCUT2D eigenvalue weighted by atomic mass is 10.1. The molecule has 0 saturated carbocycles. The van der Waals surface area contributed by atoms with E-state index >= 15 is 0 Å². The molecule has 84 valence electrons. The molecule has 0 saturated heterocycles. The Kier molecular flexibility index (Phi) is 3.56. The average molecular weight is 215 g/mol. The number of nitrogens with two attached hydrogens (primary N) is 1. The number of carboxylic acid groups (broad SMARTS) is 1. The second kappa shape index (κ2) is 4.70. The van der Waals surface area contributed by atoms with Crippen LogP contribution < -0.4 is 15.2 Å². The highest BCUT2D eigenvalue weighted by Crippen LogP contribution is 2.33. The molecular weight excluding hydrogens is 202 g/mol. The maximum atomic E-state index is 10.5. The second-order valence-corrected chi connectivity index (χ2v) is 2.92. The van der Waals surface area contributed by atoms with Gasteiger partial charge in [0.1, 0.15) is 0 Å². The Morgan fingerprint density at radius 2 is 2.27 bits per heavy atom. The summed E-state index contributed by atoms with van der Waals surface area (Å²) in [5.41, 5.74) is 6.15. The summed E-state index contributed by atoms with van der Waals surface area (Å²) in [6.07, 6.45) is -0.195. The van der Waals surface area contributed by atoms with Crippen LogP contribution in [0.2, 0.25) is 0 Å². The zero-order chi connectivity index (χ0) is 11.4. The van der Waals surface area contributed by atoms with Gasteiger partial charge in [-0.2, -0.15) is 0 Å². The van der Waals surface area contributed by atoms with Crippen molar-refractivity contribution < 1.29 is 23.8 Å². The van der Waals surface area contributed by atoms with Crippen LogP contribution in [-0.4, -0.2) is 25.3 Å². The standard InChI is InChI=1S/C9H13NO5/c1-13-8-3-5(9(14-2)15-8)6(10)4-7(11)12/h3,6H,4,10H2,1-2H3,(H,11,12)/t6-/m0/s1. The largest absolute Gasteiger partial charge is 0.481 e. The summed E-state index contributed by atoms with van der Waals surface area (Å²) in [7, 11) is 2.85. The molecule has 0 aliphatic rings. The molecule has 0 unspecified atom stereocenters. The van der Waals surface area contributed by atoms with E-state index in [1.54, 1.807) is 0 Å². The highest BCUT2D eigenvalue weighted by molar-refractivity contribution is 5.68. The van der Waals surface area contributed by atoms with Crippen molar-refractivity contribution >= 4 is 5.97 Å². The van der Waals surface area contributed by atoms with E-state index in [2.05, 4.69) is 0 Å². The van der Waals surface area contributed by atoms with Gasteiger partial charge in [-0.1, -0.05) is 0 Å². The molecule has 3 N–H and O–H groups in total. The molecule has 1 atom stereocenters. The van der Waals surface area contributed by atoms with E-state index in [-0.39, 0.29) is 18.3 Å². The Hall–Kier alpha value is -1.69. The molecule has 1 heterocycles. The normalized spacial score (nSPS) is 12.2. The molecule has 1 aromatic heterocycles. The van der Waals surface area contributed by atoms with E-state index in [1.807, 2.05) is 0 Å². The van der Waals surface area contributed by atoms with E-state index in [1.165, 1.54) is 20.3 Å². The van der Waals surface area contributed by atoms with Gasteiger partial charge in [0.25, 0.3) is 11.9 Å². The van der Waals surface area contributed by atoms with Crippen LogP contribution in [0.5, 0.6) is 11.9 Å². The van der Waals surface area contributed by atoms with Gasteiger partial charge < -0.3 is 24.7 Å². The van der Waals surface area contributed by atoms with Gasteiger partial charge in [0.15, 0.2) is 0 Å². The first-order valence-corrected chi connectivity index (χ1v) is 4.27. The van der Waals surface area contributed by atoms with Crippen LogP contribution in [0, 0.1) is 0 Å². The van der Waals surface area contributed by atoms with Crippen molar-refractivity contribution in [2.45, 2.75) is 12.5 Å². The summed E-state index contributed by atoms with van der Waals surface area (Å²) in [5, 5.41) is 8.59. The summed E-state index contributed by atoms with van der Waals surface area (Å²) in [4.78, 5) is 10.5. The van der Waals surface area contributed by atoms with E-state index in [4.69, 9.17) is 24.7 Å². The number of methoxy groups -OCH3 is 2. The maximum absolute atomic E-state index is 10.5. The number of furan rings is 1. The van der Waals surface area contributed by atoms with E-state index < -0.39 is 12.0 Å². The summed E-state index contributed by atoms with van der Waals surface area (Å²) in [6, 6.07) is 0.844. The quantitative estimate of drug-likeness (QED) is 0.753. The van der Waals surface area contributed by atoms with Crippen LogP contribution in [-0.2, 0) is 4.79 Å². The first-order valence-electron chi connectivity index (χ1n) is 4.27. The van der Waals surface area contributed by atoms with Crippen LogP contribution in [0.1, 0.15) is 18.0 Å². The van der Waals surface area contributed by atoms with Crippen molar-refractivity contribution in [1.82, 2.24) is 0 Å². The Morgan fingerprint density at radius 3 is 2.73 bits per heavy atom. The molecule has 0 aromatic carbocycles. The highest BCUT2D eigenvalue weighted by atomic mass is 16.6. The van der Waals surface area contributed by atoms with Crippen molar-refractivity contribution in [2.75, 3.05) is 14.2 Å². The predicted molar refractivity (Wildman–Crippen MR) is 51.0 cm³/mol. The molecule has 0 amide bonds. The molecule has 15 heavy (non-hydrogen) atoms. The van der Waals surface area contributed by atoms with Crippen molar-refractivity contribution in [2.24, 2.45) is 5.73 Å². The van der Waals surface area contributed by atoms with Gasteiger partial charge in [-0.3, -0.25) is 4.79 Å². The molecule has 6 heteroatoms. The zero-order valence-corrected chi connectivity index (χ0v) is 8.52. The number of rotatable bonds is 5. The molecule has 0 spiro atoms. The van der Waals surface area contributed by atoms with E-state index in [9.17, 15) is 4.79 Å². The van der Waals surface area contributed by atoms with Crippen LogP contribution in [0.15, 0.2) is 10.5 Å². The molecule has 0 fully saturated rings. The van der Waals surface area contributed by atoms with E-state index in [0.29, 0.717) is 5.56 Å². The van der Waals surface area contributed by atoms with Crippen LogP contribution in [0.25, 0.3) is 0 Å². The van der Waals surface area contributed by atoms with Crippen LogP contribution >= 0.6 is 0 Å². The Balaban J connectivity index is 2.90. The Bertz CT molecular complexity index is 346. The number of hydrogen-bond donors (Lipinski definition) is 2. The number of ether oxygens (including phenoxy) is 2. The van der Waals surface area contributed by atoms with Gasteiger partial charge in [0.05, 0.1) is 26.2 Å². The third-order valence-electron chi connectivity index (χ3n) is 1.88. The molecule has 0 aliphatic heterocycles. The fraction of sp³-hybridized carbons (Fsp3) is 0.444. The van der Waals surface area contributed by atoms with Gasteiger partial charge in [-0.05, 0) is 0 Å². The maximum Gasteiger partial charge on any atom is 0.305 e. The number of carbonyl (C=O) groups is 1. The number of carboxylic acids is 1. The minimum absolute atomic E-state index is 0.181. The SMILES string of the molecule is COc1cc([C@@H](N)CC(=O)O)c(OC)o1. The number of hydrogen-bond acceptors (Lipinski definition) is 5. The molecule has 0 radical (unpaired) electrons. The summed E-state index contributed by atoms with van der Waals surface area (Å²) in [5.74, 6) is -0.562. The third-order valence-corrected chi connectivity index (χ3v) is 1.88. The van der Waals surface area contributed by atoms with Crippen molar-refractivity contribution in [3.05, 3.63) is 11.6 Å². The van der Waals surface area contributed by atoms with Gasteiger partial charge in [0.2, 0.25) is 0 Å². The van der Waals surface area contributed by atoms with Gasteiger partial charge in [-0.25, -0.2) is 0 Å². The average Bonchev–Trinajstić information content (AvgIpc) is 2.59. The lowest BCUT2D eigenvalue weighted by Crippen LogP contribution is -2.14. The fourth-order valence-electron chi connectivity index (χ4n) is 1.18. The molecule has 6 nitrogen and oxygen atoms in total. The molecular formula is C9H13NO5. The zero-order valence-electron chi connectivity index (χ0n) is 8.52. The topological polar surface area (TPSA) is 94.9 Å². The smallest absolute Gasteiger partial charge is 0.305 e. The Morgan fingerprint density at radius 1 is 1.60 bits per heavy atom. The highest BCUT2D eigenvalue weighted by Gasteiger charge is 2.20. The van der Waals surface area contributed by atoms with Gasteiger partial charge >= 0.3 is 5.97 Å². The first kappa shape index (κ1) is 11.4. The second-order valence-electron chi connectivity index (χ2n) is 2.92.